The van der Waals surface area contributed by atoms with E-state index in [1.165, 1.54) is 51.4 Å². The summed E-state index contributed by atoms with van der Waals surface area (Å²) in [4.78, 5) is 25.4. The van der Waals surface area contributed by atoms with Crippen LogP contribution in [0, 0.1) is 0 Å². The van der Waals surface area contributed by atoms with E-state index in [1.807, 2.05) is 12.2 Å². The molecule has 10 nitrogen and oxygen atoms in total. The first kappa shape index (κ1) is 56.6. The zero-order chi connectivity index (χ0) is 45.1. The van der Waals surface area contributed by atoms with E-state index in [0.717, 1.165) is 70.6 Å². The minimum absolute atomic E-state index is 0.0975. The van der Waals surface area contributed by atoms with Gasteiger partial charge in [0, 0.05) is 12.8 Å². The highest BCUT2D eigenvalue weighted by atomic mass is 16.7. The number of esters is 2. The van der Waals surface area contributed by atoms with Crippen molar-refractivity contribution in [2.24, 2.45) is 0 Å². The maximum Gasteiger partial charge on any atom is 0.306 e. The van der Waals surface area contributed by atoms with Gasteiger partial charge in [0.15, 0.2) is 12.4 Å². The summed E-state index contributed by atoms with van der Waals surface area (Å²) < 4.78 is 22.1. The van der Waals surface area contributed by atoms with E-state index in [2.05, 4.69) is 98.9 Å². The minimum Gasteiger partial charge on any atom is -0.462 e. The summed E-state index contributed by atoms with van der Waals surface area (Å²) in [6.07, 6.45) is 48.5. The number of rotatable bonds is 38. The van der Waals surface area contributed by atoms with E-state index in [1.54, 1.807) is 0 Å². The fourth-order valence-corrected chi connectivity index (χ4v) is 6.48. The molecule has 1 saturated heterocycles. The zero-order valence-corrected chi connectivity index (χ0v) is 38.3. The standard InChI is InChI=1S/C52H84O10/c1-3-5-7-9-11-13-15-17-19-21-23-25-27-29-31-33-35-37-39-41-48(55)61-45(44-60-52-51(58)50(57)49(56)46(42-53)62-52)43-59-47(54)40-38-36-34-32-30-28-26-24-22-20-18-16-14-12-10-8-6-4-2/h5,7,11,13-14,16-17,19-20,22-23,25,29,31,35,37,45-46,49-53,56-58H,3-4,6,8-10,12,15,18,21,24,26-28,30,32-34,36,38-44H2,1-2H3/b7-5-,13-11-,16-14-,19-17-,22-20-,25-23-,31-29-,37-35-. The first-order valence-electron chi connectivity index (χ1n) is 23.8. The van der Waals surface area contributed by atoms with Gasteiger partial charge in [-0.3, -0.25) is 9.59 Å². The maximum absolute atomic E-state index is 12.8. The lowest BCUT2D eigenvalue weighted by molar-refractivity contribution is -0.305. The van der Waals surface area contributed by atoms with Gasteiger partial charge in [-0.05, 0) is 83.5 Å². The quantitative estimate of drug-likeness (QED) is 0.0268. The monoisotopic (exact) mass is 869 g/mol. The van der Waals surface area contributed by atoms with Crippen molar-refractivity contribution in [2.45, 2.75) is 198 Å². The van der Waals surface area contributed by atoms with Gasteiger partial charge < -0.3 is 39.4 Å². The molecule has 1 rings (SSSR count). The Kier molecular flexibility index (Phi) is 38.0. The number of aliphatic hydroxyl groups is 4. The van der Waals surface area contributed by atoms with E-state index in [0.29, 0.717) is 12.8 Å². The molecule has 0 aliphatic carbocycles. The highest BCUT2D eigenvalue weighted by Crippen LogP contribution is 2.22. The van der Waals surface area contributed by atoms with E-state index in [9.17, 15) is 30.0 Å². The Morgan fingerprint density at radius 1 is 0.516 bits per heavy atom. The summed E-state index contributed by atoms with van der Waals surface area (Å²) in [6, 6.07) is 0. The van der Waals surface area contributed by atoms with Crippen LogP contribution in [0.1, 0.15) is 162 Å². The number of hydrogen-bond acceptors (Lipinski definition) is 10. The second-order valence-electron chi connectivity index (χ2n) is 15.8. The Morgan fingerprint density at radius 2 is 0.984 bits per heavy atom. The van der Waals surface area contributed by atoms with Crippen LogP contribution in [-0.2, 0) is 28.5 Å². The molecule has 0 spiro atoms. The Hall–Kier alpha value is -3.38. The number of aliphatic hydroxyl groups excluding tert-OH is 4. The number of carbonyl (C=O) groups is 2. The average molecular weight is 869 g/mol. The lowest BCUT2D eigenvalue weighted by Crippen LogP contribution is -2.59. The summed E-state index contributed by atoms with van der Waals surface area (Å²) in [5, 5.41) is 40.1. The number of unbranched alkanes of at least 4 members (excludes halogenated alkanes) is 11. The molecule has 0 radical (unpaired) electrons. The highest BCUT2D eigenvalue weighted by molar-refractivity contribution is 5.70. The van der Waals surface area contributed by atoms with Crippen LogP contribution in [0.15, 0.2) is 97.2 Å². The van der Waals surface area contributed by atoms with Crippen molar-refractivity contribution in [2.75, 3.05) is 19.8 Å². The summed E-state index contributed by atoms with van der Waals surface area (Å²) >= 11 is 0. The van der Waals surface area contributed by atoms with E-state index in [-0.39, 0.29) is 26.1 Å². The van der Waals surface area contributed by atoms with Gasteiger partial charge in [0.2, 0.25) is 0 Å². The van der Waals surface area contributed by atoms with Gasteiger partial charge in [-0.15, -0.1) is 0 Å². The molecule has 0 saturated carbocycles. The van der Waals surface area contributed by atoms with Crippen LogP contribution in [0.3, 0.4) is 0 Å². The number of carbonyl (C=O) groups excluding carboxylic acids is 2. The minimum atomic E-state index is -1.62. The van der Waals surface area contributed by atoms with Gasteiger partial charge in [-0.2, -0.15) is 0 Å². The lowest BCUT2D eigenvalue weighted by atomic mass is 9.99. The van der Waals surface area contributed by atoms with Crippen molar-refractivity contribution in [3.8, 4) is 0 Å². The molecule has 0 bridgehead atoms. The second-order valence-corrected chi connectivity index (χ2v) is 15.8. The van der Waals surface area contributed by atoms with Gasteiger partial charge in [-0.1, -0.05) is 162 Å². The molecule has 0 aromatic heterocycles. The van der Waals surface area contributed by atoms with Crippen molar-refractivity contribution >= 4 is 11.9 Å². The number of ether oxygens (including phenoxy) is 4. The fraction of sp³-hybridized carbons (Fsp3) is 0.654. The first-order chi connectivity index (χ1) is 30.3. The normalized spacial score (nSPS) is 20.5. The third-order valence-electron chi connectivity index (χ3n) is 10.2. The molecule has 1 aliphatic heterocycles. The van der Waals surface area contributed by atoms with E-state index >= 15 is 0 Å². The smallest absolute Gasteiger partial charge is 0.306 e. The molecule has 10 heteroatoms. The summed E-state index contributed by atoms with van der Waals surface area (Å²) in [6.45, 7) is 3.20. The predicted molar refractivity (Wildman–Crippen MR) is 251 cm³/mol. The van der Waals surface area contributed by atoms with E-state index < -0.39 is 55.4 Å². The van der Waals surface area contributed by atoms with Crippen LogP contribution >= 0.6 is 0 Å². The van der Waals surface area contributed by atoms with E-state index in [4.69, 9.17) is 18.9 Å². The molecule has 1 heterocycles. The third kappa shape index (κ3) is 32.3. The SMILES string of the molecule is CC/C=C\C/C=C\C/C=C\C/C=C\C/C=C\C/C=C\CCC(=O)OC(COC(=O)CCCCCCCCC/C=C\C/C=C\CCCCCC)COC1OC(CO)C(O)C(O)C1O. The Morgan fingerprint density at radius 3 is 1.50 bits per heavy atom. The summed E-state index contributed by atoms with van der Waals surface area (Å²) in [5.74, 6) is -0.922. The topological polar surface area (TPSA) is 152 Å². The second kappa shape index (κ2) is 41.6. The summed E-state index contributed by atoms with van der Waals surface area (Å²) in [5.41, 5.74) is 0. The van der Waals surface area contributed by atoms with Crippen LogP contribution < -0.4 is 0 Å². The highest BCUT2D eigenvalue weighted by Gasteiger charge is 2.44. The first-order valence-corrected chi connectivity index (χ1v) is 23.8. The molecule has 1 fully saturated rings. The van der Waals surface area contributed by atoms with Crippen molar-refractivity contribution < 1.29 is 49.0 Å². The van der Waals surface area contributed by atoms with Crippen LogP contribution in [0.25, 0.3) is 0 Å². The lowest BCUT2D eigenvalue weighted by Gasteiger charge is -2.39. The van der Waals surface area contributed by atoms with Crippen molar-refractivity contribution in [3.63, 3.8) is 0 Å². The average Bonchev–Trinajstić information content (AvgIpc) is 3.27. The predicted octanol–water partition coefficient (Wildman–Crippen LogP) is 10.7. The molecular weight excluding hydrogens is 785 g/mol. The molecule has 0 aromatic carbocycles. The van der Waals surface area contributed by atoms with Gasteiger partial charge >= 0.3 is 11.9 Å². The summed E-state index contributed by atoms with van der Waals surface area (Å²) in [7, 11) is 0. The Balaban J connectivity index is 2.38. The van der Waals surface area contributed by atoms with Gasteiger partial charge in [0.25, 0.3) is 0 Å². The Bertz CT molecular complexity index is 1330. The molecule has 4 N–H and O–H groups in total. The van der Waals surface area contributed by atoms with Gasteiger partial charge in [0.1, 0.15) is 31.0 Å². The maximum atomic E-state index is 12.8. The van der Waals surface area contributed by atoms with Crippen LogP contribution in [0.4, 0.5) is 0 Å². The molecule has 6 atom stereocenters. The third-order valence-corrected chi connectivity index (χ3v) is 10.2. The van der Waals surface area contributed by atoms with Crippen LogP contribution in [0.2, 0.25) is 0 Å². The molecule has 0 aromatic rings. The number of hydrogen-bond donors (Lipinski definition) is 4. The molecular formula is C52H84O10. The van der Waals surface area contributed by atoms with Crippen molar-refractivity contribution in [1.82, 2.24) is 0 Å². The van der Waals surface area contributed by atoms with Gasteiger partial charge in [0.05, 0.1) is 13.2 Å². The van der Waals surface area contributed by atoms with Crippen LogP contribution in [0.5, 0.6) is 0 Å². The molecule has 0 amide bonds. The van der Waals surface area contributed by atoms with Crippen LogP contribution in [-0.4, -0.2) is 89.0 Å². The van der Waals surface area contributed by atoms with Crippen molar-refractivity contribution in [3.05, 3.63) is 97.2 Å². The largest absolute Gasteiger partial charge is 0.462 e. The number of allylic oxidation sites excluding steroid dienone is 16. The zero-order valence-electron chi connectivity index (χ0n) is 38.3. The molecule has 1 aliphatic rings. The van der Waals surface area contributed by atoms with Crippen molar-refractivity contribution in [1.29, 1.82) is 0 Å². The Labute approximate surface area is 375 Å². The van der Waals surface area contributed by atoms with Gasteiger partial charge in [-0.25, -0.2) is 0 Å². The molecule has 352 valence electrons. The molecule has 6 unspecified atom stereocenters. The molecule has 62 heavy (non-hydrogen) atoms. The fourth-order valence-electron chi connectivity index (χ4n) is 6.48.